The topological polar surface area (TPSA) is 106 Å². The highest BCUT2D eigenvalue weighted by Gasteiger charge is 2.41. The third-order valence-corrected chi connectivity index (χ3v) is 8.27. The summed E-state index contributed by atoms with van der Waals surface area (Å²) in [6.07, 6.45) is 0.941. The van der Waals surface area contributed by atoms with Crippen molar-refractivity contribution in [3.05, 3.63) is 47.5 Å². The molecule has 214 valence electrons. The zero-order valence-corrected chi connectivity index (χ0v) is 24.2. The van der Waals surface area contributed by atoms with E-state index in [0.717, 1.165) is 21.7 Å². The van der Waals surface area contributed by atoms with Gasteiger partial charge in [0, 0.05) is 41.3 Å². The van der Waals surface area contributed by atoms with Gasteiger partial charge in [0.05, 0.1) is 12.3 Å². The first kappa shape index (κ1) is 28.3. The minimum absolute atomic E-state index is 0.0973. The number of carboxylic acids is 1. The number of para-hydroxylation sites is 1. The second-order valence-corrected chi connectivity index (χ2v) is 12.6. The molecule has 2 aromatic carbocycles. The highest BCUT2D eigenvalue weighted by atomic mass is 32.2. The van der Waals surface area contributed by atoms with E-state index in [1.807, 2.05) is 42.7 Å². The van der Waals surface area contributed by atoms with Gasteiger partial charge in [0.1, 0.15) is 12.2 Å². The summed E-state index contributed by atoms with van der Waals surface area (Å²) in [5.74, 6) is -0.586. The number of amides is 2. The van der Waals surface area contributed by atoms with E-state index in [1.165, 1.54) is 0 Å². The summed E-state index contributed by atoms with van der Waals surface area (Å²) in [4.78, 5) is 43.5. The predicted octanol–water partition coefficient (Wildman–Crippen LogP) is 4.72. The molecule has 1 N–H and O–H groups in total. The van der Waals surface area contributed by atoms with Crippen LogP contribution in [0.5, 0.6) is 11.5 Å². The molecule has 0 unspecified atom stereocenters. The number of fused-ring (bicyclic) bond motifs is 2. The third-order valence-electron chi connectivity index (χ3n) is 7.55. The second kappa shape index (κ2) is 11.3. The number of anilines is 1. The number of nitrogens with zero attached hydrogens (tertiary/aromatic N) is 2. The minimum atomic E-state index is -1.04. The second-order valence-electron chi connectivity index (χ2n) is 11.7. The number of thioether (sulfide) groups is 1. The molecule has 0 aliphatic carbocycles. The van der Waals surface area contributed by atoms with Crippen LogP contribution in [0.25, 0.3) is 0 Å². The Morgan fingerprint density at radius 2 is 1.82 bits per heavy atom. The molecule has 2 aromatic rings. The van der Waals surface area contributed by atoms with Crippen LogP contribution in [0.2, 0.25) is 0 Å². The largest absolute Gasteiger partial charge is 0.481 e. The zero-order valence-electron chi connectivity index (χ0n) is 23.3. The summed E-state index contributed by atoms with van der Waals surface area (Å²) >= 11 is 1.60. The summed E-state index contributed by atoms with van der Waals surface area (Å²) in [5.41, 5.74) is 2.09. The maximum absolute atomic E-state index is 14.2. The lowest BCUT2D eigenvalue weighted by Gasteiger charge is -2.33. The van der Waals surface area contributed by atoms with Crippen molar-refractivity contribution in [1.82, 2.24) is 4.90 Å². The molecule has 2 amide bonds. The molecule has 3 aliphatic heterocycles. The molecule has 0 saturated carbocycles. The van der Waals surface area contributed by atoms with Gasteiger partial charge < -0.3 is 29.1 Å². The smallest absolute Gasteiger partial charge is 0.306 e. The van der Waals surface area contributed by atoms with E-state index >= 15 is 0 Å². The molecule has 0 aromatic heterocycles. The van der Waals surface area contributed by atoms with Crippen LogP contribution in [0.15, 0.2) is 41.3 Å². The van der Waals surface area contributed by atoms with Crippen molar-refractivity contribution < 1.29 is 33.7 Å². The number of benzene rings is 2. The quantitative estimate of drug-likeness (QED) is 0.500. The zero-order chi connectivity index (χ0) is 28.6. The summed E-state index contributed by atoms with van der Waals surface area (Å²) < 4.78 is 18.1. The number of aliphatic carboxylic acids is 1. The number of carboxylic acid groups (broad SMARTS) is 1. The van der Waals surface area contributed by atoms with Crippen LogP contribution in [-0.4, -0.2) is 66.6 Å². The molecule has 2 atom stereocenters. The summed E-state index contributed by atoms with van der Waals surface area (Å²) in [6.45, 7) is 7.44. The molecule has 10 heteroatoms. The lowest BCUT2D eigenvalue weighted by Crippen LogP contribution is -2.47. The molecule has 0 bridgehead atoms. The number of carbonyl (C=O) groups excluding carboxylic acids is 2. The first-order valence-corrected chi connectivity index (χ1v) is 14.8. The maximum Gasteiger partial charge on any atom is 0.306 e. The van der Waals surface area contributed by atoms with Gasteiger partial charge >= 0.3 is 5.97 Å². The van der Waals surface area contributed by atoms with Crippen LogP contribution in [0, 0.1) is 11.3 Å². The molecule has 0 spiro atoms. The monoisotopic (exact) mass is 568 g/mol. The number of hydrogen-bond acceptors (Lipinski definition) is 7. The first-order chi connectivity index (χ1) is 19.1. The van der Waals surface area contributed by atoms with E-state index in [2.05, 4.69) is 20.8 Å². The van der Waals surface area contributed by atoms with Gasteiger partial charge in [0.2, 0.25) is 12.7 Å². The van der Waals surface area contributed by atoms with Crippen LogP contribution < -0.4 is 14.4 Å². The van der Waals surface area contributed by atoms with E-state index in [4.69, 9.17) is 14.2 Å². The van der Waals surface area contributed by atoms with Gasteiger partial charge in [-0.1, -0.05) is 32.9 Å². The van der Waals surface area contributed by atoms with Gasteiger partial charge in [-0.3, -0.25) is 14.4 Å². The fraction of sp³-hybridized carbons (Fsp3) is 0.500. The Balaban J connectivity index is 1.54. The number of hydrogen-bond donors (Lipinski definition) is 1. The molecular weight excluding hydrogens is 532 g/mol. The number of piperidine rings is 1. The van der Waals surface area contributed by atoms with Crippen LogP contribution >= 0.6 is 11.8 Å². The van der Waals surface area contributed by atoms with Crippen molar-refractivity contribution in [2.75, 3.05) is 37.6 Å². The van der Waals surface area contributed by atoms with E-state index in [0.29, 0.717) is 44.0 Å². The van der Waals surface area contributed by atoms with Crippen LogP contribution in [0.4, 0.5) is 5.69 Å². The molecular formula is C30H36N2O7S. The normalized spacial score (nSPS) is 21.2. The molecule has 3 aliphatic rings. The molecule has 5 rings (SSSR count). The van der Waals surface area contributed by atoms with E-state index in [1.54, 1.807) is 21.6 Å². The average Bonchev–Trinajstić information content (AvgIpc) is 3.39. The Hall–Kier alpha value is -3.24. The number of likely N-dealkylation sites (tertiary alicyclic amines) is 1. The molecule has 40 heavy (non-hydrogen) atoms. The van der Waals surface area contributed by atoms with Crippen molar-refractivity contribution >= 4 is 35.2 Å². The van der Waals surface area contributed by atoms with Crippen LogP contribution in [0.1, 0.15) is 57.3 Å². The van der Waals surface area contributed by atoms with E-state index < -0.39 is 24.1 Å². The summed E-state index contributed by atoms with van der Waals surface area (Å²) in [5, 5.41) is 9.35. The van der Waals surface area contributed by atoms with Gasteiger partial charge in [0.25, 0.3) is 5.91 Å². The number of carbonyl (C=O) groups is 3. The lowest BCUT2D eigenvalue weighted by molar-refractivity contribution is -0.148. The number of rotatable bonds is 6. The Kier molecular flexibility index (Phi) is 8.01. The molecule has 1 fully saturated rings. The van der Waals surface area contributed by atoms with Gasteiger partial charge in [0.15, 0.2) is 11.5 Å². The molecule has 1 saturated heterocycles. The molecule has 0 radical (unpaired) electrons. The highest BCUT2D eigenvalue weighted by molar-refractivity contribution is 7.98. The van der Waals surface area contributed by atoms with E-state index in [9.17, 15) is 19.5 Å². The Morgan fingerprint density at radius 1 is 1.07 bits per heavy atom. The average molecular weight is 569 g/mol. The Bertz CT molecular complexity index is 1300. The van der Waals surface area contributed by atoms with Crippen molar-refractivity contribution in [2.24, 2.45) is 11.3 Å². The van der Waals surface area contributed by atoms with Gasteiger partial charge in [-0.25, -0.2) is 0 Å². The van der Waals surface area contributed by atoms with Gasteiger partial charge in [-0.2, -0.15) is 0 Å². The van der Waals surface area contributed by atoms with Crippen LogP contribution in [0.3, 0.4) is 0 Å². The van der Waals surface area contributed by atoms with Gasteiger partial charge in [-0.15, -0.1) is 11.8 Å². The molecule has 3 heterocycles. The Morgan fingerprint density at radius 3 is 2.50 bits per heavy atom. The van der Waals surface area contributed by atoms with Crippen molar-refractivity contribution in [2.45, 2.75) is 57.1 Å². The van der Waals surface area contributed by atoms with Crippen molar-refractivity contribution in [1.29, 1.82) is 0 Å². The first-order valence-electron chi connectivity index (χ1n) is 13.6. The standard InChI is InChI=1S/C30H36N2O7S/c1-30(2,3)16-32-22-9-8-19(40-4)14-21(22)26(20-6-5-7-23-27(20)38-17-37-23)39-24(28(32)34)15-25(33)31-12-10-18(11-13-31)29(35)36/h5-9,14,18,24,26H,10-13,15-17H2,1-4H3,(H,35,36)/t24-,26-/m0/s1. The maximum atomic E-state index is 14.2. The summed E-state index contributed by atoms with van der Waals surface area (Å²) in [6, 6.07) is 11.6. The van der Waals surface area contributed by atoms with Gasteiger partial charge in [-0.05, 0) is 48.8 Å². The van der Waals surface area contributed by atoms with Crippen molar-refractivity contribution in [3.63, 3.8) is 0 Å². The number of ether oxygens (including phenoxy) is 3. The fourth-order valence-electron chi connectivity index (χ4n) is 5.54. The molecule has 9 nitrogen and oxygen atoms in total. The fourth-order valence-corrected chi connectivity index (χ4v) is 5.99. The van der Waals surface area contributed by atoms with E-state index in [-0.39, 0.29) is 30.4 Å². The highest BCUT2D eigenvalue weighted by Crippen LogP contribution is 2.47. The minimum Gasteiger partial charge on any atom is -0.481 e. The van der Waals surface area contributed by atoms with Crippen molar-refractivity contribution in [3.8, 4) is 11.5 Å². The summed E-state index contributed by atoms with van der Waals surface area (Å²) in [7, 11) is 0. The lowest BCUT2D eigenvalue weighted by atomic mass is 9.94. The predicted molar refractivity (Wildman–Crippen MR) is 151 cm³/mol. The van der Waals surface area contributed by atoms with Crippen LogP contribution in [-0.2, 0) is 19.1 Å². The Labute approximate surface area is 238 Å². The third kappa shape index (κ3) is 5.78. The SMILES string of the molecule is CSc1ccc2c(c1)[C@H](c1cccc3c1OCO3)O[C@@H](CC(=O)N1CCC(C(=O)O)CC1)C(=O)N2CC(C)(C)C.